The molecule has 2 aromatic heterocycles. The van der Waals surface area contributed by atoms with Gasteiger partial charge in [-0.3, -0.25) is 4.79 Å². The van der Waals surface area contributed by atoms with E-state index in [1.54, 1.807) is 4.68 Å². The van der Waals surface area contributed by atoms with E-state index in [0.29, 0.717) is 11.1 Å². The van der Waals surface area contributed by atoms with Crippen LogP contribution in [0.3, 0.4) is 0 Å². The molecule has 8 nitrogen and oxygen atoms in total. The standard InChI is InChI=1S/C16H18BrN7OS/c1-9-6-12(17)4-5-13(9)19-14(25)8-26-16-21-20-15(23(16)18)24-11(3)7-10(2)22-24/h4-7H,8,18H2,1-3H3,(H,19,25). The highest BCUT2D eigenvalue weighted by molar-refractivity contribution is 9.10. The number of anilines is 1. The Bertz CT molecular complexity index is 966. The zero-order valence-electron chi connectivity index (χ0n) is 14.5. The molecule has 0 saturated carbocycles. The van der Waals surface area contributed by atoms with Crippen molar-refractivity contribution in [2.45, 2.75) is 25.9 Å². The predicted molar refractivity (Wildman–Crippen MR) is 105 cm³/mol. The third-order valence-electron chi connectivity index (χ3n) is 3.64. The number of halogens is 1. The van der Waals surface area contributed by atoms with Gasteiger partial charge in [-0.15, -0.1) is 10.2 Å². The van der Waals surface area contributed by atoms with E-state index in [1.807, 2.05) is 45.0 Å². The summed E-state index contributed by atoms with van der Waals surface area (Å²) >= 11 is 4.62. The molecule has 0 aliphatic carbocycles. The average Bonchev–Trinajstić information content (AvgIpc) is 3.10. The third-order valence-corrected chi connectivity index (χ3v) is 5.08. The lowest BCUT2D eigenvalue weighted by atomic mass is 10.2. The van der Waals surface area contributed by atoms with Crippen LogP contribution in [0.5, 0.6) is 0 Å². The number of nitrogen functional groups attached to an aromatic ring is 1. The fourth-order valence-corrected chi connectivity index (χ4v) is 3.55. The molecule has 0 fully saturated rings. The van der Waals surface area contributed by atoms with Crippen molar-refractivity contribution in [1.82, 2.24) is 24.7 Å². The Kier molecular flexibility index (Phi) is 5.33. The molecule has 0 bridgehead atoms. The number of benzene rings is 1. The van der Waals surface area contributed by atoms with E-state index in [1.165, 1.54) is 16.4 Å². The lowest BCUT2D eigenvalue weighted by Crippen LogP contribution is -2.19. The quantitative estimate of drug-likeness (QED) is 0.471. The summed E-state index contributed by atoms with van der Waals surface area (Å²) in [5.74, 6) is 6.50. The number of hydrogen-bond acceptors (Lipinski definition) is 6. The van der Waals surface area contributed by atoms with Gasteiger partial charge in [0.25, 0.3) is 5.95 Å². The number of nitrogens with one attached hydrogen (secondary N) is 1. The summed E-state index contributed by atoms with van der Waals surface area (Å²) in [6, 6.07) is 7.61. The molecule has 0 atom stereocenters. The highest BCUT2D eigenvalue weighted by Gasteiger charge is 2.16. The summed E-state index contributed by atoms with van der Waals surface area (Å²) in [7, 11) is 0. The summed E-state index contributed by atoms with van der Waals surface area (Å²) < 4.78 is 3.93. The third kappa shape index (κ3) is 3.91. The molecular weight excluding hydrogens is 418 g/mol. The number of nitrogens with two attached hydrogens (primary N) is 1. The number of carbonyl (C=O) groups excluding carboxylic acids is 1. The Morgan fingerprint density at radius 1 is 1.27 bits per heavy atom. The van der Waals surface area contributed by atoms with Gasteiger partial charge in [0.05, 0.1) is 11.4 Å². The predicted octanol–water partition coefficient (Wildman–Crippen LogP) is 2.60. The first kappa shape index (κ1) is 18.5. The van der Waals surface area contributed by atoms with Crippen molar-refractivity contribution in [2.75, 3.05) is 16.9 Å². The fraction of sp³-hybridized carbons (Fsp3) is 0.250. The monoisotopic (exact) mass is 435 g/mol. The van der Waals surface area contributed by atoms with Crippen LogP contribution in [0.1, 0.15) is 17.0 Å². The van der Waals surface area contributed by atoms with Crippen molar-refractivity contribution in [3.8, 4) is 5.95 Å². The van der Waals surface area contributed by atoms with Crippen LogP contribution in [0.15, 0.2) is 33.9 Å². The van der Waals surface area contributed by atoms with Gasteiger partial charge in [-0.1, -0.05) is 27.7 Å². The lowest BCUT2D eigenvalue weighted by molar-refractivity contribution is -0.113. The highest BCUT2D eigenvalue weighted by atomic mass is 79.9. The molecule has 136 valence electrons. The van der Waals surface area contributed by atoms with Crippen LogP contribution in [0, 0.1) is 20.8 Å². The molecule has 0 spiro atoms. The Labute approximate surface area is 163 Å². The molecule has 0 radical (unpaired) electrons. The maximum absolute atomic E-state index is 12.2. The van der Waals surface area contributed by atoms with E-state index in [0.717, 1.165) is 27.1 Å². The summed E-state index contributed by atoms with van der Waals surface area (Å²) in [6.45, 7) is 5.74. The van der Waals surface area contributed by atoms with Gasteiger partial charge in [-0.25, -0.2) is 9.36 Å². The largest absolute Gasteiger partial charge is 0.334 e. The van der Waals surface area contributed by atoms with E-state index < -0.39 is 0 Å². The molecule has 3 N–H and O–H groups in total. The number of thioether (sulfide) groups is 1. The van der Waals surface area contributed by atoms with Gasteiger partial charge in [0, 0.05) is 15.9 Å². The number of aryl methyl sites for hydroxylation is 3. The molecule has 0 aliphatic rings. The minimum absolute atomic E-state index is 0.143. The van der Waals surface area contributed by atoms with Crippen molar-refractivity contribution >= 4 is 39.3 Å². The second-order valence-electron chi connectivity index (χ2n) is 5.79. The molecule has 0 unspecified atom stereocenters. The van der Waals surface area contributed by atoms with E-state index in [2.05, 4.69) is 36.5 Å². The van der Waals surface area contributed by atoms with Gasteiger partial charge in [-0.2, -0.15) is 5.10 Å². The Balaban J connectivity index is 1.67. The molecule has 0 aliphatic heterocycles. The molecule has 10 heteroatoms. The molecular formula is C16H18BrN7OS. The summed E-state index contributed by atoms with van der Waals surface area (Å²) in [6.07, 6.45) is 0. The van der Waals surface area contributed by atoms with Gasteiger partial charge < -0.3 is 11.2 Å². The first-order valence-electron chi connectivity index (χ1n) is 7.78. The van der Waals surface area contributed by atoms with Crippen molar-refractivity contribution < 1.29 is 4.79 Å². The van der Waals surface area contributed by atoms with E-state index >= 15 is 0 Å². The average molecular weight is 436 g/mol. The second-order valence-corrected chi connectivity index (χ2v) is 7.65. The van der Waals surface area contributed by atoms with E-state index in [-0.39, 0.29) is 11.7 Å². The number of hydrogen-bond donors (Lipinski definition) is 2. The number of aromatic nitrogens is 5. The zero-order valence-corrected chi connectivity index (χ0v) is 16.9. The molecule has 0 saturated heterocycles. The Hall–Kier alpha value is -2.33. The summed E-state index contributed by atoms with van der Waals surface area (Å²) in [5.41, 5.74) is 3.52. The Morgan fingerprint density at radius 2 is 2.04 bits per heavy atom. The first-order valence-corrected chi connectivity index (χ1v) is 9.56. The Morgan fingerprint density at radius 3 is 2.69 bits per heavy atom. The van der Waals surface area contributed by atoms with Crippen molar-refractivity contribution in [1.29, 1.82) is 0 Å². The maximum atomic E-state index is 12.2. The van der Waals surface area contributed by atoms with Crippen LogP contribution in [0.25, 0.3) is 5.95 Å². The van der Waals surface area contributed by atoms with E-state index in [9.17, 15) is 4.79 Å². The van der Waals surface area contributed by atoms with Crippen molar-refractivity contribution in [2.24, 2.45) is 0 Å². The smallest absolute Gasteiger partial charge is 0.271 e. The molecule has 3 aromatic rings. The normalized spacial score (nSPS) is 10.9. The minimum Gasteiger partial charge on any atom is -0.334 e. The van der Waals surface area contributed by atoms with Gasteiger partial charge in [0.15, 0.2) is 0 Å². The SMILES string of the molecule is Cc1cc(C)n(-c2nnc(SCC(=O)Nc3ccc(Br)cc3C)n2N)n1. The minimum atomic E-state index is -0.143. The zero-order chi connectivity index (χ0) is 18.8. The molecule has 1 amide bonds. The van der Waals surface area contributed by atoms with Gasteiger partial charge in [0.1, 0.15) is 0 Å². The van der Waals surface area contributed by atoms with E-state index in [4.69, 9.17) is 5.84 Å². The molecule has 1 aromatic carbocycles. The first-order chi connectivity index (χ1) is 12.3. The maximum Gasteiger partial charge on any atom is 0.271 e. The van der Waals surface area contributed by atoms with Crippen molar-refractivity contribution in [3.63, 3.8) is 0 Å². The number of carbonyl (C=O) groups is 1. The second kappa shape index (κ2) is 7.50. The molecule has 3 rings (SSSR count). The molecule has 26 heavy (non-hydrogen) atoms. The summed E-state index contributed by atoms with van der Waals surface area (Å²) in [4.78, 5) is 12.2. The lowest BCUT2D eigenvalue weighted by Gasteiger charge is -2.08. The van der Waals surface area contributed by atoms with Gasteiger partial charge in [-0.05, 0) is 50.6 Å². The number of rotatable bonds is 5. The number of nitrogens with zero attached hydrogens (tertiary/aromatic N) is 5. The highest BCUT2D eigenvalue weighted by Crippen LogP contribution is 2.21. The number of amides is 1. The van der Waals surface area contributed by atoms with Crippen molar-refractivity contribution in [3.05, 3.63) is 45.7 Å². The summed E-state index contributed by atoms with van der Waals surface area (Å²) in [5, 5.41) is 15.8. The van der Waals surface area contributed by atoms with Crippen LogP contribution in [0.2, 0.25) is 0 Å². The van der Waals surface area contributed by atoms with Crippen LogP contribution >= 0.6 is 27.7 Å². The van der Waals surface area contributed by atoms with Gasteiger partial charge in [0.2, 0.25) is 11.1 Å². The van der Waals surface area contributed by atoms with Crippen LogP contribution in [0.4, 0.5) is 5.69 Å². The topological polar surface area (TPSA) is 104 Å². The van der Waals surface area contributed by atoms with Gasteiger partial charge >= 0.3 is 0 Å². The van der Waals surface area contributed by atoms with Crippen LogP contribution in [-0.4, -0.2) is 36.3 Å². The van der Waals surface area contributed by atoms with Crippen LogP contribution < -0.4 is 11.2 Å². The molecule has 2 heterocycles. The fourth-order valence-electron chi connectivity index (χ4n) is 2.43. The van der Waals surface area contributed by atoms with Crippen LogP contribution in [-0.2, 0) is 4.79 Å².